The standard InChI is InChI=1S/C13H17NO/c1-8-5-6-11-12(10(8)3)14-7-9(2)13(11)15-4/h5-8,10H,1-4H3. The third-order valence-corrected chi connectivity index (χ3v) is 3.27. The molecule has 0 aliphatic heterocycles. The molecule has 2 unspecified atom stereocenters. The lowest BCUT2D eigenvalue weighted by molar-refractivity contribution is 0.407. The zero-order chi connectivity index (χ0) is 11.0. The van der Waals surface area contributed by atoms with Gasteiger partial charge in [0.15, 0.2) is 0 Å². The van der Waals surface area contributed by atoms with E-state index in [-0.39, 0.29) is 0 Å². The molecular formula is C13H17NO. The molecule has 0 radical (unpaired) electrons. The first-order valence-corrected chi connectivity index (χ1v) is 5.36. The molecule has 1 aliphatic carbocycles. The molecule has 80 valence electrons. The van der Waals surface area contributed by atoms with Crippen LogP contribution in [0, 0.1) is 12.8 Å². The highest BCUT2D eigenvalue weighted by Gasteiger charge is 2.23. The fraction of sp³-hybridized carbons (Fsp3) is 0.462. The van der Waals surface area contributed by atoms with Gasteiger partial charge in [0.1, 0.15) is 5.75 Å². The maximum Gasteiger partial charge on any atom is 0.132 e. The van der Waals surface area contributed by atoms with Crippen molar-refractivity contribution in [1.29, 1.82) is 0 Å². The average molecular weight is 203 g/mol. The number of aryl methyl sites for hydroxylation is 1. The van der Waals surface area contributed by atoms with Gasteiger partial charge in [0.05, 0.1) is 12.8 Å². The van der Waals surface area contributed by atoms with Crippen LogP contribution < -0.4 is 4.74 Å². The molecule has 0 amide bonds. The summed E-state index contributed by atoms with van der Waals surface area (Å²) in [6.07, 6.45) is 6.27. The van der Waals surface area contributed by atoms with Crippen molar-refractivity contribution >= 4 is 6.08 Å². The highest BCUT2D eigenvalue weighted by atomic mass is 16.5. The Morgan fingerprint density at radius 3 is 2.73 bits per heavy atom. The number of allylic oxidation sites excluding steroid dienone is 1. The van der Waals surface area contributed by atoms with Crippen LogP contribution in [-0.4, -0.2) is 12.1 Å². The second kappa shape index (κ2) is 3.69. The van der Waals surface area contributed by atoms with E-state index in [4.69, 9.17) is 4.74 Å². The van der Waals surface area contributed by atoms with Crippen LogP contribution in [0.25, 0.3) is 6.08 Å². The Bertz CT molecular complexity index is 409. The van der Waals surface area contributed by atoms with Gasteiger partial charge in [-0.1, -0.05) is 26.0 Å². The summed E-state index contributed by atoms with van der Waals surface area (Å²) in [6, 6.07) is 0. The van der Waals surface area contributed by atoms with Crippen molar-refractivity contribution in [1.82, 2.24) is 4.98 Å². The molecule has 1 aromatic heterocycles. The van der Waals surface area contributed by atoms with Crippen molar-refractivity contribution in [2.24, 2.45) is 5.92 Å². The normalized spacial score (nSPS) is 23.7. The van der Waals surface area contributed by atoms with Crippen LogP contribution >= 0.6 is 0 Å². The van der Waals surface area contributed by atoms with Crippen LogP contribution in [0.2, 0.25) is 0 Å². The molecule has 2 nitrogen and oxygen atoms in total. The van der Waals surface area contributed by atoms with Gasteiger partial charge in [0.2, 0.25) is 0 Å². The number of nitrogens with zero attached hydrogens (tertiary/aromatic N) is 1. The number of hydrogen-bond donors (Lipinski definition) is 0. The summed E-state index contributed by atoms with van der Waals surface area (Å²) in [5.41, 5.74) is 3.42. The maximum absolute atomic E-state index is 5.44. The summed E-state index contributed by atoms with van der Waals surface area (Å²) < 4.78 is 5.44. The second-order valence-electron chi connectivity index (χ2n) is 4.28. The molecule has 1 aliphatic rings. The smallest absolute Gasteiger partial charge is 0.132 e. The van der Waals surface area contributed by atoms with Gasteiger partial charge in [-0.3, -0.25) is 4.98 Å². The van der Waals surface area contributed by atoms with Crippen molar-refractivity contribution in [2.45, 2.75) is 26.7 Å². The lowest BCUT2D eigenvalue weighted by Crippen LogP contribution is -2.12. The Hall–Kier alpha value is -1.31. The van der Waals surface area contributed by atoms with Crippen LogP contribution in [0.3, 0.4) is 0 Å². The maximum atomic E-state index is 5.44. The quantitative estimate of drug-likeness (QED) is 0.699. The molecule has 2 heteroatoms. The predicted molar refractivity (Wildman–Crippen MR) is 62.1 cm³/mol. The van der Waals surface area contributed by atoms with Gasteiger partial charge in [0, 0.05) is 23.2 Å². The predicted octanol–water partition coefficient (Wildman–Crippen LogP) is 3.17. The molecule has 0 saturated carbocycles. The zero-order valence-electron chi connectivity index (χ0n) is 9.74. The van der Waals surface area contributed by atoms with E-state index in [1.165, 1.54) is 0 Å². The Kier molecular flexibility index (Phi) is 2.51. The molecule has 1 aromatic rings. The van der Waals surface area contributed by atoms with Gasteiger partial charge in [0.25, 0.3) is 0 Å². The Morgan fingerprint density at radius 1 is 1.33 bits per heavy atom. The SMILES string of the molecule is COc1c(C)cnc2c1C=CC(C)C2C. The van der Waals surface area contributed by atoms with E-state index in [2.05, 4.69) is 31.0 Å². The van der Waals surface area contributed by atoms with Crippen LogP contribution in [-0.2, 0) is 0 Å². The number of hydrogen-bond acceptors (Lipinski definition) is 2. The lowest BCUT2D eigenvalue weighted by Gasteiger charge is -2.24. The Labute approximate surface area is 91.0 Å². The van der Waals surface area contributed by atoms with E-state index in [0.29, 0.717) is 11.8 Å². The molecule has 0 spiro atoms. The fourth-order valence-corrected chi connectivity index (χ4v) is 2.08. The van der Waals surface area contributed by atoms with Gasteiger partial charge in [-0.25, -0.2) is 0 Å². The summed E-state index contributed by atoms with van der Waals surface area (Å²) >= 11 is 0. The van der Waals surface area contributed by atoms with Crippen LogP contribution in [0.4, 0.5) is 0 Å². The lowest BCUT2D eigenvalue weighted by atomic mass is 9.84. The largest absolute Gasteiger partial charge is 0.496 e. The van der Waals surface area contributed by atoms with Gasteiger partial charge in [-0.2, -0.15) is 0 Å². The van der Waals surface area contributed by atoms with Gasteiger partial charge in [-0.15, -0.1) is 0 Å². The molecule has 1 heterocycles. The van der Waals surface area contributed by atoms with Crippen molar-refractivity contribution in [3.05, 3.63) is 29.1 Å². The summed E-state index contributed by atoms with van der Waals surface area (Å²) in [5.74, 6) is 1.99. The minimum Gasteiger partial charge on any atom is -0.496 e. The minimum absolute atomic E-state index is 0.472. The third kappa shape index (κ3) is 1.54. The summed E-state index contributed by atoms with van der Waals surface area (Å²) in [5, 5.41) is 0. The molecule has 15 heavy (non-hydrogen) atoms. The van der Waals surface area contributed by atoms with Gasteiger partial charge in [-0.05, 0) is 12.8 Å². The Morgan fingerprint density at radius 2 is 2.07 bits per heavy atom. The van der Waals surface area contributed by atoms with E-state index >= 15 is 0 Å². The van der Waals surface area contributed by atoms with Crippen molar-refractivity contribution in [3.63, 3.8) is 0 Å². The Balaban J connectivity index is 2.61. The zero-order valence-corrected chi connectivity index (χ0v) is 9.74. The molecule has 0 fully saturated rings. The molecule has 0 bridgehead atoms. The van der Waals surface area contributed by atoms with Crippen molar-refractivity contribution in [3.8, 4) is 5.75 Å². The summed E-state index contributed by atoms with van der Waals surface area (Å²) in [4.78, 5) is 4.53. The fourth-order valence-electron chi connectivity index (χ4n) is 2.08. The van der Waals surface area contributed by atoms with Crippen LogP contribution in [0.5, 0.6) is 5.75 Å². The third-order valence-electron chi connectivity index (χ3n) is 3.27. The molecule has 2 rings (SSSR count). The topological polar surface area (TPSA) is 22.1 Å². The highest BCUT2D eigenvalue weighted by molar-refractivity contribution is 5.64. The molecule has 0 aromatic carbocycles. The first-order valence-electron chi connectivity index (χ1n) is 5.36. The van der Waals surface area contributed by atoms with E-state index in [0.717, 1.165) is 22.6 Å². The number of pyridine rings is 1. The number of ether oxygens (including phenoxy) is 1. The van der Waals surface area contributed by atoms with Crippen molar-refractivity contribution < 1.29 is 4.74 Å². The highest BCUT2D eigenvalue weighted by Crippen LogP contribution is 2.37. The average Bonchev–Trinajstić information content (AvgIpc) is 2.23. The van der Waals surface area contributed by atoms with E-state index < -0.39 is 0 Å². The van der Waals surface area contributed by atoms with E-state index in [1.807, 2.05) is 13.1 Å². The van der Waals surface area contributed by atoms with Crippen LogP contribution in [0.15, 0.2) is 12.3 Å². The van der Waals surface area contributed by atoms with E-state index in [9.17, 15) is 0 Å². The summed E-state index contributed by atoms with van der Waals surface area (Å²) in [7, 11) is 1.72. The minimum atomic E-state index is 0.472. The summed E-state index contributed by atoms with van der Waals surface area (Å²) in [6.45, 7) is 6.47. The van der Waals surface area contributed by atoms with Gasteiger partial charge >= 0.3 is 0 Å². The molecule has 0 N–H and O–H groups in total. The first kappa shape index (κ1) is 10.2. The number of rotatable bonds is 1. The van der Waals surface area contributed by atoms with E-state index in [1.54, 1.807) is 7.11 Å². The van der Waals surface area contributed by atoms with Crippen molar-refractivity contribution in [2.75, 3.05) is 7.11 Å². The molecule has 2 atom stereocenters. The van der Waals surface area contributed by atoms with Gasteiger partial charge < -0.3 is 4.74 Å². The molecule has 0 saturated heterocycles. The number of methoxy groups -OCH3 is 1. The monoisotopic (exact) mass is 203 g/mol. The molecular weight excluding hydrogens is 186 g/mol. The second-order valence-corrected chi connectivity index (χ2v) is 4.28. The number of fused-ring (bicyclic) bond motifs is 1. The van der Waals surface area contributed by atoms with Crippen LogP contribution in [0.1, 0.15) is 36.6 Å². The number of aromatic nitrogens is 1. The first-order chi connectivity index (χ1) is 7.15.